The van der Waals surface area contributed by atoms with Gasteiger partial charge in [-0.15, -0.1) is 0 Å². The van der Waals surface area contributed by atoms with Gasteiger partial charge in [-0.3, -0.25) is 4.90 Å². The summed E-state index contributed by atoms with van der Waals surface area (Å²) in [5, 5.41) is 0. The summed E-state index contributed by atoms with van der Waals surface area (Å²) in [5.41, 5.74) is 7.38. The molecular weight excluding hydrogens is 331 g/mol. The average Bonchev–Trinajstić information content (AvgIpc) is 2.66. The van der Waals surface area contributed by atoms with Crippen LogP contribution in [0.5, 0.6) is 0 Å². The number of hydrogen-bond donors (Lipinski definition) is 1. The predicted octanol–water partition coefficient (Wildman–Crippen LogP) is 4.11. The van der Waals surface area contributed by atoms with Crippen molar-refractivity contribution in [3.63, 3.8) is 0 Å². The van der Waals surface area contributed by atoms with E-state index in [-0.39, 0.29) is 17.4 Å². The molecular formula is C17H26BrFN2. The largest absolute Gasteiger partial charge is 0.326 e. The Morgan fingerprint density at radius 3 is 2.38 bits per heavy atom. The van der Waals surface area contributed by atoms with Gasteiger partial charge < -0.3 is 5.73 Å². The molecule has 1 fully saturated rings. The molecule has 2 nitrogen and oxygen atoms in total. The van der Waals surface area contributed by atoms with E-state index >= 15 is 0 Å². The van der Waals surface area contributed by atoms with Gasteiger partial charge in [0.25, 0.3) is 0 Å². The van der Waals surface area contributed by atoms with E-state index in [1.54, 1.807) is 6.07 Å². The van der Waals surface area contributed by atoms with E-state index in [0.29, 0.717) is 6.42 Å². The van der Waals surface area contributed by atoms with Crippen molar-refractivity contribution in [2.45, 2.75) is 57.5 Å². The maximum Gasteiger partial charge on any atom is 0.124 e. The van der Waals surface area contributed by atoms with Crippen molar-refractivity contribution >= 4 is 15.9 Å². The van der Waals surface area contributed by atoms with E-state index in [4.69, 9.17) is 5.73 Å². The second kappa shape index (κ2) is 7.21. The molecule has 2 N–H and O–H groups in total. The van der Waals surface area contributed by atoms with E-state index in [9.17, 15) is 4.39 Å². The Balaban J connectivity index is 2.07. The van der Waals surface area contributed by atoms with Crippen LogP contribution in [0.3, 0.4) is 0 Å². The standard InChI is InChI=1S/C17H26BrFN2/c1-17(2,21-7-5-3-4-6-8-21)16(20)11-13-9-14(18)12-15(19)10-13/h9-10,12,16H,3-8,11,20H2,1-2H3. The summed E-state index contributed by atoms with van der Waals surface area (Å²) < 4.78 is 14.3. The van der Waals surface area contributed by atoms with Crippen molar-refractivity contribution in [1.29, 1.82) is 0 Å². The fraction of sp³-hybridized carbons (Fsp3) is 0.647. The monoisotopic (exact) mass is 356 g/mol. The first-order chi connectivity index (χ1) is 9.89. The molecule has 0 amide bonds. The highest BCUT2D eigenvalue weighted by Crippen LogP contribution is 2.25. The van der Waals surface area contributed by atoms with Crippen LogP contribution in [0.2, 0.25) is 0 Å². The Bertz CT molecular complexity index is 448. The van der Waals surface area contributed by atoms with Gasteiger partial charge in [-0.05, 0) is 70.0 Å². The fourth-order valence-electron chi connectivity index (χ4n) is 3.11. The normalized spacial score (nSPS) is 19.3. The zero-order valence-electron chi connectivity index (χ0n) is 13.0. The van der Waals surface area contributed by atoms with Crippen LogP contribution in [-0.4, -0.2) is 29.6 Å². The van der Waals surface area contributed by atoms with Crippen molar-refractivity contribution in [3.05, 3.63) is 34.1 Å². The van der Waals surface area contributed by atoms with Gasteiger partial charge in [0.05, 0.1) is 0 Å². The van der Waals surface area contributed by atoms with Gasteiger partial charge in [-0.2, -0.15) is 0 Å². The highest BCUT2D eigenvalue weighted by Gasteiger charge is 2.33. The SMILES string of the molecule is CC(C)(C(N)Cc1cc(F)cc(Br)c1)N1CCCCCC1. The fourth-order valence-corrected chi connectivity index (χ4v) is 3.63. The van der Waals surface area contributed by atoms with E-state index in [1.165, 1.54) is 31.7 Å². The minimum Gasteiger partial charge on any atom is -0.326 e. The molecule has 21 heavy (non-hydrogen) atoms. The van der Waals surface area contributed by atoms with Crippen LogP contribution >= 0.6 is 15.9 Å². The summed E-state index contributed by atoms with van der Waals surface area (Å²) in [6.07, 6.45) is 5.83. The zero-order chi connectivity index (χ0) is 15.5. The Hall–Kier alpha value is -0.450. The molecule has 0 radical (unpaired) electrons. The molecule has 118 valence electrons. The molecule has 0 spiro atoms. The van der Waals surface area contributed by atoms with Crippen molar-refractivity contribution in [2.24, 2.45) is 5.73 Å². The molecule has 0 aliphatic carbocycles. The molecule has 1 aromatic rings. The van der Waals surface area contributed by atoms with Crippen LogP contribution in [0.4, 0.5) is 4.39 Å². The third kappa shape index (κ3) is 4.51. The Morgan fingerprint density at radius 1 is 1.19 bits per heavy atom. The average molecular weight is 357 g/mol. The van der Waals surface area contributed by atoms with Gasteiger partial charge in [0, 0.05) is 16.1 Å². The summed E-state index contributed by atoms with van der Waals surface area (Å²) >= 11 is 3.35. The summed E-state index contributed by atoms with van der Waals surface area (Å²) in [5.74, 6) is -0.209. The third-order valence-corrected chi connectivity index (χ3v) is 5.16. The molecule has 1 unspecified atom stereocenters. The van der Waals surface area contributed by atoms with Gasteiger partial charge in [0.1, 0.15) is 5.82 Å². The molecule has 1 aliphatic rings. The van der Waals surface area contributed by atoms with Crippen LogP contribution in [0.1, 0.15) is 45.1 Å². The summed E-state index contributed by atoms with van der Waals surface area (Å²) in [6.45, 7) is 6.68. The Labute approximate surface area is 136 Å². The molecule has 0 aromatic heterocycles. The quantitative estimate of drug-likeness (QED) is 0.879. The first kappa shape index (κ1) is 16.9. The second-order valence-corrected chi connectivity index (χ2v) is 7.56. The van der Waals surface area contributed by atoms with E-state index in [1.807, 2.05) is 6.07 Å². The minimum atomic E-state index is -0.209. The lowest BCUT2D eigenvalue weighted by atomic mass is 9.88. The van der Waals surface area contributed by atoms with Gasteiger partial charge in [-0.1, -0.05) is 28.8 Å². The molecule has 0 saturated carbocycles. The third-order valence-electron chi connectivity index (χ3n) is 4.71. The molecule has 1 aliphatic heterocycles. The minimum absolute atomic E-state index is 0.00991. The lowest BCUT2D eigenvalue weighted by molar-refractivity contribution is 0.0979. The highest BCUT2D eigenvalue weighted by molar-refractivity contribution is 9.10. The van der Waals surface area contributed by atoms with Crippen LogP contribution in [-0.2, 0) is 6.42 Å². The summed E-state index contributed by atoms with van der Waals surface area (Å²) in [4.78, 5) is 2.51. The number of nitrogens with zero attached hydrogens (tertiary/aromatic N) is 1. The first-order valence-corrected chi connectivity index (χ1v) is 8.64. The number of nitrogens with two attached hydrogens (primary N) is 1. The maximum absolute atomic E-state index is 13.5. The molecule has 0 bridgehead atoms. The van der Waals surface area contributed by atoms with E-state index in [2.05, 4.69) is 34.7 Å². The van der Waals surface area contributed by atoms with Crippen molar-refractivity contribution in [3.8, 4) is 0 Å². The second-order valence-electron chi connectivity index (χ2n) is 6.64. The molecule has 2 rings (SSSR count). The number of likely N-dealkylation sites (tertiary alicyclic amines) is 1. The molecule has 4 heteroatoms. The zero-order valence-corrected chi connectivity index (χ0v) is 14.6. The first-order valence-electron chi connectivity index (χ1n) is 7.85. The van der Waals surface area contributed by atoms with Crippen LogP contribution in [0, 0.1) is 5.82 Å². The Morgan fingerprint density at radius 2 is 1.81 bits per heavy atom. The van der Waals surface area contributed by atoms with E-state index in [0.717, 1.165) is 23.1 Å². The number of benzene rings is 1. The number of hydrogen-bond acceptors (Lipinski definition) is 2. The maximum atomic E-state index is 13.5. The summed E-state index contributed by atoms with van der Waals surface area (Å²) in [7, 11) is 0. The molecule has 1 aromatic carbocycles. The van der Waals surface area contributed by atoms with Crippen molar-refractivity contribution < 1.29 is 4.39 Å². The van der Waals surface area contributed by atoms with Crippen LogP contribution < -0.4 is 5.73 Å². The Kier molecular flexibility index (Phi) is 5.81. The highest BCUT2D eigenvalue weighted by atomic mass is 79.9. The summed E-state index contributed by atoms with van der Waals surface area (Å²) in [6, 6.07) is 5.02. The lowest BCUT2D eigenvalue weighted by Crippen LogP contribution is -2.57. The molecule has 1 heterocycles. The predicted molar refractivity (Wildman–Crippen MR) is 89.9 cm³/mol. The van der Waals surface area contributed by atoms with Crippen molar-refractivity contribution in [2.75, 3.05) is 13.1 Å². The van der Waals surface area contributed by atoms with E-state index < -0.39 is 0 Å². The van der Waals surface area contributed by atoms with Gasteiger partial charge in [0.15, 0.2) is 0 Å². The topological polar surface area (TPSA) is 29.3 Å². The van der Waals surface area contributed by atoms with Crippen LogP contribution in [0.15, 0.2) is 22.7 Å². The van der Waals surface area contributed by atoms with Gasteiger partial charge in [0.2, 0.25) is 0 Å². The molecule has 1 saturated heterocycles. The molecule has 1 atom stereocenters. The van der Waals surface area contributed by atoms with Crippen LogP contribution in [0.25, 0.3) is 0 Å². The lowest BCUT2D eigenvalue weighted by Gasteiger charge is -2.42. The number of halogens is 2. The van der Waals surface area contributed by atoms with Crippen molar-refractivity contribution in [1.82, 2.24) is 4.90 Å². The number of rotatable bonds is 4. The van der Waals surface area contributed by atoms with Gasteiger partial charge in [-0.25, -0.2) is 4.39 Å². The van der Waals surface area contributed by atoms with Gasteiger partial charge >= 0.3 is 0 Å². The smallest absolute Gasteiger partial charge is 0.124 e.